The normalized spacial score (nSPS) is 33.6. The molecule has 0 aromatic carbocycles. The lowest BCUT2D eigenvalue weighted by atomic mass is 9.89. The molecule has 2 rings (SSSR count). The summed E-state index contributed by atoms with van der Waals surface area (Å²) in [7, 11) is 0. The number of ether oxygens (including phenoxy) is 1. The largest absolute Gasteiger partial charge is 0.464 e. The first-order valence-corrected chi connectivity index (χ1v) is 4.04. The lowest BCUT2D eigenvalue weighted by Crippen LogP contribution is -2.39. The molecule has 56 valence electrons. The van der Waals surface area contributed by atoms with Crippen molar-refractivity contribution in [2.24, 2.45) is 11.8 Å². The summed E-state index contributed by atoms with van der Waals surface area (Å²) in [6.45, 7) is 0.698. The van der Waals surface area contributed by atoms with E-state index in [1.165, 1.54) is 25.7 Å². The summed E-state index contributed by atoms with van der Waals surface area (Å²) in [5, 5.41) is 0. The molecule has 1 atom stereocenters. The van der Waals surface area contributed by atoms with Crippen LogP contribution in [0.15, 0.2) is 0 Å². The maximum absolute atomic E-state index is 10.8. The van der Waals surface area contributed by atoms with Gasteiger partial charge in [-0.25, -0.2) is 0 Å². The van der Waals surface area contributed by atoms with E-state index in [0.717, 1.165) is 0 Å². The highest BCUT2D eigenvalue weighted by Crippen LogP contribution is 2.35. The van der Waals surface area contributed by atoms with Crippen molar-refractivity contribution >= 4 is 5.97 Å². The van der Waals surface area contributed by atoms with Crippen LogP contribution in [0.1, 0.15) is 25.7 Å². The Labute approximate surface area is 60.6 Å². The van der Waals surface area contributed by atoms with E-state index in [1.54, 1.807) is 0 Å². The van der Waals surface area contributed by atoms with Crippen molar-refractivity contribution in [2.45, 2.75) is 25.7 Å². The van der Waals surface area contributed by atoms with Gasteiger partial charge in [0, 0.05) is 0 Å². The summed E-state index contributed by atoms with van der Waals surface area (Å²) in [6.07, 6.45) is 5.13. The van der Waals surface area contributed by atoms with Crippen LogP contribution in [0.2, 0.25) is 0 Å². The maximum atomic E-state index is 10.8. The highest BCUT2D eigenvalue weighted by atomic mass is 16.6. The number of rotatable bonds is 1. The van der Waals surface area contributed by atoms with E-state index in [1.807, 2.05) is 0 Å². The summed E-state index contributed by atoms with van der Waals surface area (Å²) >= 11 is 0. The van der Waals surface area contributed by atoms with E-state index in [2.05, 4.69) is 0 Å². The minimum atomic E-state index is 0.0481. The Kier molecular flexibility index (Phi) is 1.40. The quantitative estimate of drug-likeness (QED) is 0.514. The topological polar surface area (TPSA) is 26.3 Å². The molecular weight excluding hydrogens is 128 g/mol. The van der Waals surface area contributed by atoms with E-state index < -0.39 is 0 Å². The second kappa shape index (κ2) is 2.26. The number of hydrogen-bond donors (Lipinski definition) is 0. The molecule has 0 spiro atoms. The summed E-state index contributed by atoms with van der Waals surface area (Å²) < 4.78 is 4.72. The molecular formula is C8H12O2. The average Bonchev–Trinajstić information content (AvgIpc) is 2.37. The van der Waals surface area contributed by atoms with Crippen LogP contribution in [0.3, 0.4) is 0 Å². The molecule has 1 heterocycles. The van der Waals surface area contributed by atoms with Crippen LogP contribution in [0, 0.1) is 11.8 Å². The van der Waals surface area contributed by atoms with E-state index in [-0.39, 0.29) is 11.9 Å². The van der Waals surface area contributed by atoms with Crippen molar-refractivity contribution in [3.63, 3.8) is 0 Å². The van der Waals surface area contributed by atoms with Gasteiger partial charge in [-0.05, 0) is 18.8 Å². The molecule has 0 aromatic rings. The van der Waals surface area contributed by atoms with E-state index in [9.17, 15) is 4.79 Å². The standard InChI is InChI=1S/C8H12O2/c9-8-7(5-10-8)6-3-1-2-4-6/h6-7H,1-5H2. The summed E-state index contributed by atoms with van der Waals surface area (Å²) in [5.41, 5.74) is 0. The molecule has 0 radical (unpaired) electrons. The van der Waals surface area contributed by atoms with Crippen LogP contribution in [-0.2, 0) is 9.53 Å². The third kappa shape index (κ3) is 0.825. The van der Waals surface area contributed by atoms with Gasteiger partial charge >= 0.3 is 5.97 Å². The van der Waals surface area contributed by atoms with Crippen LogP contribution in [0.4, 0.5) is 0 Å². The first kappa shape index (κ1) is 6.20. The lowest BCUT2D eigenvalue weighted by Gasteiger charge is -2.29. The van der Waals surface area contributed by atoms with E-state index in [0.29, 0.717) is 12.5 Å². The van der Waals surface area contributed by atoms with Crippen LogP contribution in [-0.4, -0.2) is 12.6 Å². The number of hydrogen-bond acceptors (Lipinski definition) is 2. The summed E-state index contributed by atoms with van der Waals surface area (Å²) in [6, 6.07) is 0. The SMILES string of the molecule is O=C1OCC1C1CCCC1. The van der Waals surface area contributed by atoms with Gasteiger partial charge in [-0.2, -0.15) is 0 Å². The minimum Gasteiger partial charge on any atom is -0.464 e. The molecule has 1 saturated heterocycles. The summed E-state index contributed by atoms with van der Waals surface area (Å²) in [4.78, 5) is 10.8. The molecule has 2 fully saturated rings. The predicted octanol–water partition coefficient (Wildman–Crippen LogP) is 1.35. The van der Waals surface area contributed by atoms with Crippen LogP contribution >= 0.6 is 0 Å². The Morgan fingerprint density at radius 2 is 2.00 bits per heavy atom. The minimum absolute atomic E-state index is 0.0481. The smallest absolute Gasteiger partial charge is 0.312 e. The highest BCUT2D eigenvalue weighted by Gasteiger charge is 2.38. The molecule has 1 unspecified atom stereocenters. The van der Waals surface area contributed by atoms with Gasteiger partial charge in [-0.1, -0.05) is 12.8 Å². The molecule has 2 heteroatoms. The Morgan fingerprint density at radius 3 is 2.40 bits per heavy atom. The van der Waals surface area contributed by atoms with Crippen LogP contribution < -0.4 is 0 Å². The van der Waals surface area contributed by atoms with Gasteiger partial charge in [0.25, 0.3) is 0 Å². The predicted molar refractivity (Wildman–Crippen MR) is 36.4 cm³/mol. The fourth-order valence-electron chi connectivity index (χ4n) is 1.94. The first-order chi connectivity index (χ1) is 4.88. The van der Waals surface area contributed by atoms with Gasteiger partial charge in [0.05, 0.1) is 5.92 Å². The van der Waals surface area contributed by atoms with Crippen molar-refractivity contribution in [2.75, 3.05) is 6.61 Å². The average molecular weight is 140 g/mol. The van der Waals surface area contributed by atoms with Crippen molar-refractivity contribution in [1.29, 1.82) is 0 Å². The molecule has 0 amide bonds. The van der Waals surface area contributed by atoms with Gasteiger partial charge in [-0.3, -0.25) is 4.79 Å². The molecule has 0 bridgehead atoms. The number of cyclic esters (lactones) is 1. The van der Waals surface area contributed by atoms with Crippen LogP contribution in [0.5, 0.6) is 0 Å². The number of carbonyl (C=O) groups is 1. The van der Waals surface area contributed by atoms with E-state index in [4.69, 9.17) is 4.74 Å². The molecule has 2 nitrogen and oxygen atoms in total. The fraction of sp³-hybridized carbons (Fsp3) is 0.875. The molecule has 1 saturated carbocycles. The first-order valence-electron chi connectivity index (χ1n) is 4.04. The molecule has 1 aliphatic heterocycles. The Hall–Kier alpha value is -0.530. The highest BCUT2D eigenvalue weighted by molar-refractivity contribution is 5.77. The maximum Gasteiger partial charge on any atom is 0.312 e. The molecule has 0 N–H and O–H groups in total. The zero-order chi connectivity index (χ0) is 6.97. The lowest BCUT2D eigenvalue weighted by molar-refractivity contribution is -0.172. The molecule has 2 aliphatic rings. The van der Waals surface area contributed by atoms with Gasteiger partial charge < -0.3 is 4.74 Å². The van der Waals surface area contributed by atoms with Crippen molar-refractivity contribution in [3.8, 4) is 0 Å². The van der Waals surface area contributed by atoms with Crippen molar-refractivity contribution in [1.82, 2.24) is 0 Å². The van der Waals surface area contributed by atoms with Gasteiger partial charge in [0.1, 0.15) is 6.61 Å². The monoisotopic (exact) mass is 140 g/mol. The fourth-order valence-corrected chi connectivity index (χ4v) is 1.94. The Bertz CT molecular complexity index is 147. The Balaban J connectivity index is 1.92. The third-order valence-corrected chi connectivity index (χ3v) is 2.68. The summed E-state index contributed by atoms with van der Waals surface area (Å²) in [5.74, 6) is 0.996. The number of esters is 1. The molecule has 10 heavy (non-hydrogen) atoms. The van der Waals surface area contributed by atoms with Crippen molar-refractivity contribution < 1.29 is 9.53 Å². The Morgan fingerprint density at radius 1 is 1.30 bits per heavy atom. The van der Waals surface area contributed by atoms with E-state index >= 15 is 0 Å². The molecule has 0 aromatic heterocycles. The third-order valence-electron chi connectivity index (χ3n) is 2.68. The van der Waals surface area contributed by atoms with Crippen LogP contribution in [0.25, 0.3) is 0 Å². The van der Waals surface area contributed by atoms with Crippen molar-refractivity contribution in [3.05, 3.63) is 0 Å². The van der Waals surface area contributed by atoms with Gasteiger partial charge in [-0.15, -0.1) is 0 Å². The molecule has 1 aliphatic carbocycles. The van der Waals surface area contributed by atoms with Gasteiger partial charge in [0.15, 0.2) is 0 Å². The zero-order valence-corrected chi connectivity index (χ0v) is 6.01. The zero-order valence-electron chi connectivity index (χ0n) is 6.01. The second-order valence-electron chi connectivity index (χ2n) is 3.28. The van der Waals surface area contributed by atoms with Gasteiger partial charge in [0.2, 0.25) is 0 Å². The number of carbonyl (C=O) groups excluding carboxylic acids is 1. The second-order valence-corrected chi connectivity index (χ2v) is 3.28.